The number of benzene rings is 1. The lowest BCUT2D eigenvalue weighted by molar-refractivity contribution is -0.123. The Bertz CT molecular complexity index is 533. The standard InChI is InChI=1S/C13H15ClN2O3.ClH/c14-9-5-8(6-10-11(9)19-4-3-18-10)7-16-12(17)13(15)1-2-13;/h5-6H,1-4,7,15H2,(H,16,17);1H. The summed E-state index contributed by atoms with van der Waals surface area (Å²) in [5.41, 5.74) is 6.02. The van der Waals surface area contributed by atoms with Crippen LogP contribution in [0.5, 0.6) is 11.5 Å². The number of nitrogens with two attached hydrogens (primary N) is 1. The molecule has 7 heteroatoms. The summed E-state index contributed by atoms with van der Waals surface area (Å²) in [6, 6.07) is 3.60. The molecule has 1 fully saturated rings. The normalized spacial score (nSPS) is 17.9. The zero-order valence-corrected chi connectivity index (χ0v) is 12.4. The van der Waals surface area contributed by atoms with Crippen LogP contribution in [0.1, 0.15) is 18.4 Å². The van der Waals surface area contributed by atoms with Crippen molar-refractivity contribution < 1.29 is 14.3 Å². The van der Waals surface area contributed by atoms with E-state index in [-0.39, 0.29) is 18.3 Å². The first-order chi connectivity index (χ1) is 9.08. The van der Waals surface area contributed by atoms with E-state index in [1.54, 1.807) is 6.07 Å². The van der Waals surface area contributed by atoms with Crippen molar-refractivity contribution in [1.29, 1.82) is 0 Å². The lowest BCUT2D eigenvalue weighted by Crippen LogP contribution is -2.42. The monoisotopic (exact) mass is 318 g/mol. The molecular formula is C13H16Cl2N2O3. The number of ether oxygens (including phenoxy) is 2. The van der Waals surface area contributed by atoms with Crippen molar-refractivity contribution in [2.75, 3.05) is 13.2 Å². The van der Waals surface area contributed by atoms with E-state index in [9.17, 15) is 4.79 Å². The molecule has 1 amide bonds. The van der Waals surface area contributed by atoms with Crippen molar-refractivity contribution in [3.63, 3.8) is 0 Å². The number of rotatable bonds is 3. The van der Waals surface area contributed by atoms with Crippen molar-refractivity contribution >= 4 is 29.9 Å². The minimum Gasteiger partial charge on any atom is -0.486 e. The highest BCUT2D eigenvalue weighted by molar-refractivity contribution is 6.32. The third kappa shape index (κ3) is 2.95. The Morgan fingerprint density at radius 1 is 1.35 bits per heavy atom. The molecule has 0 bridgehead atoms. The molecule has 1 aliphatic heterocycles. The Morgan fingerprint density at radius 3 is 2.75 bits per heavy atom. The minimum atomic E-state index is -0.655. The molecule has 0 saturated heterocycles. The number of carbonyl (C=O) groups is 1. The van der Waals surface area contributed by atoms with E-state index in [1.165, 1.54) is 0 Å². The van der Waals surface area contributed by atoms with E-state index in [0.717, 1.165) is 18.4 Å². The number of nitrogens with one attached hydrogen (secondary N) is 1. The fourth-order valence-electron chi connectivity index (χ4n) is 1.99. The van der Waals surface area contributed by atoms with Crippen LogP contribution in [-0.4, -0.2) is 24.7 Å². The average molecular weight is 319 g/mol. The molecule has 110 valence electrons. The topological polar surface area (TPSA) is 73.6 Å². The minimum absolute atomic E-state index is 0. The second kappa shape index (κ2) is 5.68. The highest BCUT2D eigenvalue weighted by Gasteiger charge is 2.45. The summed E-state index contributed by atoms with van der Waals surface area (Å²) in [5, 5.41) is 3.31. The van der Waals surface area contributed by atoms with Crippen LogP contribution >= 0.6 is 24.0 Å². The molecule has 5 nitrogen and oxygen atoms in total. The molecule has 3 N–H and O–H groups in total. The molecule has 1 aromatic carbocycles. The van der Waals surface area contributed by atoms with Crippen molar-refractivity contribution in [3.8, 4) is 11.5 Å². The quantitative estimate of drug-likeness (QED) is 0.888. The van der Waals surface area contributed by atoms with Crippen LogP contribution in [-0.2, 0) is 11.3 Å². The molecule has 2 aliphatic rings. The number of hydrogen-bond acceptors (Lipinski definition) is 4. The van der Waals surface area contributed by atoms with Gasteiger partial charge in [0, 0.05) is 6.54 Å². The second-order valence-corrected chi connectivity index (χ2v) is 5.35. The average Bonchev–Trinajstić information content (AvgIpc) is 3.15. The number of hydrogen-bond donors (Lipinski definition) is 2. The molecule has 1 saturated carbocycles. The van der Waals surface area contributed by atoms with Gasteiger partial charge in [0.15, 0.2) is 11.5 Å². The van der Waals surface area contributed by atoms with Crippen LogP contribution in [0.4, 0.5) is 0 Å². The van der Waals surface area contributed by atoms with Gasteiger partial charge in [-0.25, -0.2) is 0 Å². The maximum Gasteiger partial charge on any atom is 0.240 e. The Balaban J connectivity index is 0.00000147. The maximum absolute atomic E-state index is 11.7. The van der Waals surface area contributed by atoms with Gasteiger partial charge in [-0.1, -0.05) is 11.6 Å². The van der Waals surface area contributed by atoms with Crippen molar-refractivity contribution in [1.82, 2.24) is 5.32 Å². The smallest absolute Gasteiger partial charge is 0.240 e. The molecule has 1 aromatic rings. The molecule has 0 spiro atoms. The van der Waals surface area contributed by atoms with Crippen molar-refractivity contribution in [2.45, 2.75) is 24.9 Å². The van der Waals surface area contributed by atoms with E-state index in [1.807, 2.05) is 6.07 Å². The first-order valence-electron chi connectivity index (χ1n) is 6.24. The summed E-state index contributed by atoms with van der Waals surface area (Å²) >= 11 is 6.12. The first kappa shape index (κ1) is 15.2. The van der Waals surface area contributed by atoms with Crippen LogP contribution in [0, 0.1) is 0 Å². The van der Waals surface area contributed by atoms with Crippen molar-refractivity contribution in [3.05, 3.63) is 22.7 Å². The van der Waals surface area contributed by atoms with Crippen LogP contribution in [0.15, 0.2) is 12.1 Å². The zero-order valence-electron chi connectivity index (χ0n) is 10.8. The lowest BCUT2D eigenvalue weighted by atomic mass is 10.1. The fourth-order valence-corrected chi connectivity index (χ4v) is 2.27. The molecule has 20 heavy (non-hydrogen) atoms. The highest BCUT2D eigenvalue weighted by atomic mass is 35.5. The second-order valence-electron chi connectivity index (χ2n) is 4.94. The number of fused-ring (bicyclic) bond motifs is 1. The van der Waals surface area contributed by atoms with Gasteiger partial charge in [0.1, 0.15) is 13.2 Å². The number of carbonyl (C=O) groups excluding carboxylic acids is 1. The lowest BCUT2D eigenvalue weighted by Gasteiger charge is -2.20. The van der Waals surface area contributed by atoms with E-state index in [2.05, 4.69) is 5.32 Å². The predicted molar refractivity (Wildman–Crippen MR) is 77.7 cm³/mol. The third-order valence-electron chi connectivity index (χ3n) is 3.35. The van der Waals surface area contributed by atoms with Gasteiger partial charge >= 0.3 is 0 Å². The molecule has 3 rings (SSSR count). The molecule has 0 unspecified atom stereocenters. The number of amides is 1. The Labute approximate surface area is 128 Å². The largest absolute Gasteiger partial charge is 0.486 e. The van der Waals surface area contributed by atoms with E-state index in [4.69, 9.17) is 26.8 Å². The Hall–Kier alpha value is -1.17. The summed E-state index contributed by atoms with van der Waals surface area (Å²) in [6.07, 6.45) is 1.50. The summed E-state index contributed by atoms with van der Waals surface area (Å²) in [5.74, 6) is 1.08. The SMILES string of the molecule is Cl.NC1(C(=O)NCc2cc(Cl)c3c(c2)OCCO3)CC1. The Kier molecular flexibility index (Phi) is 4.32. The summed E-state index contributed by atoms with van der Waals surface area (Å²) < 4.78 is 10.9. The van der Waals surface area contributed by atoms with Crippen LogP contribution in [0.25, 0.3) is 0 Å². The van der Waals surface area contributed by atoms with Crippen LogP contribution in [0.3, 0.4) is 0 Å². The Morgan fingerprint density at radius 2 is 2.05 bits per heavy atom. The first-order valence-corrected chi connectivity index (χ1v) is 6.61. The van der Waals surface area contributed by atoms with Crippen LogP contribution in [0.2, 0.25) is 5.02 Å². The van der Waals surface area contributed by atoms with E-state index in [0.29, 0.717) is 36.3 Å². The van der Waals surface area contributed by atoms with Crippen molar-refractivity contribution in [2.24, 2.45) is 5.73 Å². The van der Waals surface area contributed by atoms with Gasteiger partial charge in [-0.2, -0.15) is 0 Å². The summed E-state index contributed by atoms with van der Waals surface area (Å²) in [6.45, 7) is 1.39. The molecule has 1 aliphatic carbocycles. The van der Waals surface area contributed by atoms with Gasteiger partial charge in [0.25, 0.3) is 0 Å². The van der Waals surface area contributed by atoms with Gasteiger partial charge in [-0.15, -0.1) is 12.4 Å². The zero-order chi connectivity index (χ0) is 13.5. The summed E-state index contributed by atoms with van der Waals surface area (Å²) in [7, 11) is 0. The van der Waals surface area contributed by atoms with Gasteiger partial charge in [0.2, 0.25) is 5.91 Å². The highest BCUT2D eigenvalue weighted by Crippen LogP contribution is 2.38. The van der Waals surface area contributed by atoms with Crippen LogP contribution < -0.4 is 20.5 Å². The van der Waals surface area contributed by atoms with E-state index >= 15 is 0 Å². The predicted octanol–water partition coefficient (Wildman–Crippen LogP) is 1.64. The van der Waals surface area contributed by atoms with Gasteiger partial charge in [-0.3, -0.25) is 4.79 Å². The maximum atomic E-state index is 11.7. The summed E-state index contributed by atoms with van der Waals surface area (Å²) in [4.78, 5) is 11.7. The fraction of sp³-hybridized carbons (Fsp3) is 0.462. The van der Waals surface area contributed by atoms with Gasteiger partial charge < -0.3 is 20.5 Å². The third-order valence-corrected chi connectivity index (χ3v) is 3.63. The molecule has 0 aromatic heterocycles. The van der Waals surface area contributed by atoms with Gasteiger partial charge in [0.05, 0.1) is 10.6 Å². The number of halogens is 2. The molecule has 0 radical (unpaired) electrons. The van der Waals surface area contributed by atoms with Gasteiger partial charge in [-0.05, 0) is 30.5 Å². The molecule has 0 atom stereocenters. The van der Waals surface area contributed by atoms with E-state index < -0.39 is 5.54 Å². The molecule has 1 heterocycles. The molecular weight excluding hydrogens is 303 g/mol.